The number of nitrogens with zero attached hydrogens (tertiary/aromatic N) is 1. The fourth-order valence-corrected chi connectivity index (χ4v) is 3.46. The van der Waals surface area contributed by atoms with Crippen LogP contribution < -0.4 is 10.2 Å². The first-order valence-corrected chi connectivity index (χ1v) is 9.31. The number of hydrogen-bond donors (Lipinski definition) is 1. The molecule has 0 amide bonds. The molecule has 0 saturated carbocycles. The van der Waals surface area contributed by atoms with Crippen molar-refractivity contribution in [2.24, 2.45) is 0 Å². The Morgan fingerprint density at radius 1 is 0.958 bits per heavy atom. The molecule has 0 bridgehead atoms. The summed E-state index contributed by atoms with van der Waals surface area (Å²) in [5.74, 6) is 0.982. The normalized spacial score (nSPS) is 10.5. The second-order valence-corrected chi connectivity index (χ2v) is 7.04. The van der Waals surface area contributed by atoms with Crippen molar-refractivity contribution in [1.82, 2.24) is 5.32 Å². The molecule has 0 atom stereocenters. The number of nitrogens with one attached hydrogen (secondary N) is 1. The largest absolute Gasteiger partial charge is 0.361 e. The lowest BCUT2D eigenvalue weighted by atomic mass is 10.1. The number of benzene rings is 3. The summed E-state index contributed by atoms with van der Waals surface area (Å²) < 4.78 is 0. The van der Waals surface area contributed by atoms with Crippen LogP contribution in [-0.4, -0.2) is 24.5 Å². The van der Waals surface area contributed by atoms with Crippen LogP contribution in [0.15, 0.2) is 77.7 Å². The van der Waals surface area contributed by atoms with Crippen LogP contribution in [0, 0.1) is 0 Å². The van der Waals surface area contributed by atoms with Crippen LogP contribution in [0.1, 0.15) is 0 Å². The van der Waals surface area contributed by atoms with Crippen molar-refractivity contribution in [3.8, 4) is 0 Å². The van der Waals surface area contributed by atoms with E-state index in [4.69, 9.17) is 12.2 Å². The van der Waals surface area contributed by atoms with Crippen molar-refractivity contribution in [1.29, 1.82) is 0 Å². The van der Waals surface area contributed by atoms with Crippen LogP contribution >= 0.6 is 24.0 Å². The van der Waals surface area contributed by atoms with Gasteiger partial charge in [0.25, 0.3) is 0 Å². The molecule has 0 aliphatic heterocycles. The van der Waals surface area contributed by atoms with Gasteiger partial charge in [-0.2, -0.15) is 0 Å². The van der Waals surface area contributed by atoms with E-state index in [1.807, 2.05) is 29.8 Å². The molecule has 2 nitrogen and oxygen atoms in total. The first-order valence-electron chi connectivity index (χ1n) is 7.92. The van der Waals surface area contributed by atoms with Crippen LogP contribution in [0.5, 0.6) is 0 Å². The summed E-state index contributed by atoms with van der Waals surface area (Å²) in [6.07, 6.45) is 0. The molecule has 3 rings (SSSR count). The number of anilines is 1. The zero-order chi connectivity index (χ0) is 16.8. The molecule has 0 radical (unpaired) electrons. The van der Waals surface area contributed by atoms with E-state index < -0.39 is 0 Å². The van der Waals surface area contributed by atoms with Gasteiger partial charge in [-0.05, 0) is 47.3 Å². The lowest BCUT2D eigenvalue weighted by Gasteiger charge is -2.21. The summed E-state index contributed by atoms with van der Waals surface area (Å²) in [5, 5.41) is 6.55. The molecule has 0 unspecified atom stereocenters. The molecule has 0 fully saturated rings. The van der Waals surface area contributed by atoms with Gasteiger partial charge < -0.3 is 10.2 Å². The fraction of sp³-hybridized carbons (Fsp3) is 0.150. The third-order valence-electron chi connectivity index (χ3n) is 3.82. The van der Waals surface area contributed by atoms with Crippen LogP contribution in [0.3, 0.4) is 0 Å². The van der Waals surface area contributed by atoms with Crippen molar-refractivity contribution in [2.45, 2.75) is 4.90 Å². The van der Waals surface area contributed by atoms with Gasteiger partial charge in [0.05, 0.1) is 0 Å². The Hall–Kier alpha value is -2.04. The summed E-state index contributed by atoms with van der Waals surface area (Å²) in [6, 6.07) is 25.2. The van der Waals surface area contributed by atoms with Gasteiger partial charge in [-0.1, -0.05) is 48.5 Å². The van der Waals surface area contributed by atoms with E-state index >= 15 is 0 Å². The Labute approximate surface area is 152 Å². The Morgan fingerprint density at radius 2 is 1.67 bits per heavy atom. The summed E-state index contributed by atoms with van der Waals surface area (Å²) >= 11 is 7.35. The molecule has 0 heterocycles. The van der Waals surface area contributed by atoms with E-state index in [9.17, 15) is 0 Å². The van der Waals surface area contributed by atoms with Gasteiger partial charge in [-0.15, -0.1) is 11.8 Å². The smallest absolute Gasteiger partial charge is 0.173 e. The Balaban J connectivity index is 1.53. The maximum absolute atomic E-state index is 5.52. The highest BCUT2D eigenvalue weighted by Gasteiger charge is 2.07. The van der Waals surface area contributed by atoms with Crippen molar-refractivity contribution < 1.29 is 0 Å². The number of thioether (sulfide) groups is 1. The SMILES string of the molecule is CN(C(=S)NCCSc1ccccc1)c1ccc2ccccc2c1. The predicted octanol–water partition coefficient (Wildman–Crippen LogP) is 4.94. The number of thiocarbonyl (C=S) groups is 1. The van der Waals surface area contributed by atoms with Gasteiger partial charge >= 0.3 is 0 Å². The summed E-state index contributed by atoms with van der Waals surface area (Å²) in [7, 11) is 2.00. The van der Waals surface area contributed by atoms with Gasteiger partial charge in [0, 0.05) is 29.9 Å². The molecule has 24 heavy (non-hydrogen) atoms. The zero-order valence-electron chi connectivity index (χ0n) is 13.6. The summed E-state index contributed by atoms with van der Waals surface area (Å²) in [6.45, 7) is 0.844. The van der Waals surface area contributed by atoms with Crippen LogP contribution in [0.2, 0.25) is 0 Å². The fourth-order valence-electron chi connectivity index (χ4n) is 2.46. The first-order chi connectivity index (χ1) is 11.7. The maximum Gasteiger partial charge on any atom is 0.173 e. The van der Waals surface area contributed by atoms with Gasteiger partial charge in [-0.25, -0.2) is 0 Å². The molecular weight excluding hydrogens is 332 g/mol. The second kappa shape index (κ2) is 8.18. The van der Waals surface area contributed by atoms with E-state index in [2.05, 4.69) is 72.0 Å². The highest BCUT2D eigenvalue weighted by molar-refractivity contribution is 7.99. The van der Waals surface area contributed by atoms with Crippen molar-refractivity contribution >= 4 is 45.6 Å². The minimum atomic E-state index is 0.749. The minimum absolute atomic E-state index is 0.749. The lowest BCUT2D eigenvalue weighted by molar-refractivity contribution is 0.966. The molecule has 0 aromatic heterocycles. The third-order valence-corrected chi connectivity index (χ3v) is 5.25. The molecule has 0 aliphatic rings. The lowest BCUT2D eigenvalue weighted by Crippen LogP contribution is -2.38. The van der Waals surface area contributed by atoms with Crippen LogP contribution in [-0.2, 0) is 0 Å². The summed E-state index contributed by atoms with van der Waals surface area (Å²) in [5.41, 5.74) is 1.10. The second-order valence-electron chi connectivity index (χ2n) is 5.48. The molecule has 122 valence electrons. The van der Waals surface area contributed by atoms with E-state index in [1.165, 1.54) is 15.7 Å². The highest BCUT2D eigenvalue weighted by Crippen LogP contribution is 2.21. The van der Waals surface area contributed by atoms with Gasteiger partial charge in [0.1, 0.15) is 0 Å². The number of hydrogen-bond acceptors (Lipinski definition) is 2. The standard InChI is InChI=1S/C20H20N2S2/c1-22(18-12-11-16-7-5-6-8-17(16)15-18)20(23)21-13-14-24-19-9-3-2-4-10-19/h2-12,15H,13-14H2,1H3,(H,21,23). The van der Waals surface area contributed by atoms with Crippen LogP contribution in [0.4, 0.5) is 5.69 Å². The van der Waals surface area contributed by atoms with E-state index in [0.29, 0.717) is 0 Å². The Morgan fingerprint density at radius 3 is 2.46 bits per heavy atom. The van der Waals surface area contributed by atoms with Crippen molar-refractivity contribution in [2.75, 3.05) is 24.2 Å². The molecule has 3 aromatic rings. The minimum Gasteiger partial charge on any atom is -0.361 e. The van der Waals surface area contributed by atoms with E-state index in [-0.39, 0.29) is 0 Å². The molecule has 0 saturated heterocycles. The number of fused-ring (bicyclic) bond motifs is 1. The van der Waals surface area contributed by atoms with Gasteiger partial charge in [0.2, 0.25) is 0 Å². The van der Waals surface area contributed by atoms with Crippen LogP contribution in [0.25, 0.3) is 10.8 Å². The average Bonchev–Trinajstić information content (AvgIpc) is 2.65. The molecule has 3 aromatic carbocycles. The zero-order valence-corrected chi connectivity index (χ0v) is 15.2. The topological polar surface area (TPSA) is 15.3 Å². The monoisotopic (exact) mass is 352 g/mol. The number of rotatable bonds is 5. The molecular formula is C20H20N2S2. The molecule has 0 spiro atoms. The summed E-state index contributed by atoms with van der Waals surface area (Å²) in [4.78, 5) is 3.31. The Bertz CT molecular complexity index is 818. The van der Waals surface area contributed by atoms with Crippen molar-refractivity contribution in [3.05, 3.63) is 72.8 Å². The third kappa shape index (κ3) is 4.28. The molecule has 1 N–H and O–H groups in total. The van der Waals surface area contributed by atoms with Gasteiger partial charge in [0.15, 0.2) is 5.11 Å². The first kappa shape index (κ1) is 16.8. The quantitative estimate of drug-likeness (QED) is 0.397. The Kier molecular flexibility index (Phi) is 5.72. The average molecular weight is 353 g/mol. The maximum atomic E-state index is 5.52. The van der Waals surface area contributed by atoms with Crippen molar-refractivity contribution in [3.63, 3.8) is 0 Å². The van der Waals surface area contributed by atoms with E-state index in [1.54, 1.807) is 0 Å². The van der Waals surface area contributed by atoms with E-state index in [0.717, 1.165) is 23.1 Å². The predicted molar refractivity (Wildman–Crippen MR) is 110 cm³/mol. The molecule has 4 heteroatoms. The van der Waals surface area contributed by atoms with Gasteiger partial charge in [-0.3, -0.25) is 0 Å². The highest BCUT2D eigenvalue weighted by atomic mass is 32.2. The molecule has 0 aliphatic carbocycles.